The number of halogens is 1. The molecule has 7 nitrogen and oxygen atoms in total. The summed E-state index contributed by atoms with van der Waals surface area (Å²) < 4.78 is 27.2. The molecule has 2 amide bonds. The van der Waals surface area contributed by atoms with Crippen LogP contribution in [0.5, 0.6) is 0 Å². The third kappa shape index (κ3) is 5.06. The number of carbonyl (C=O) groups is 2. The topological polar surface area (TPSA) is 86.8 Å². The third-order valence-electron chi connectivity index (χ3n) is 4.97. The van der Waals surface area contributed by atoms with E-state index in [2.05, 4.69) is 5.32 Å². The molecule has 1 heterocycles. The highest BCUT2D eigenvalue weighted by atomic mass is 35.5. The predicted octanol–water partition coefficient (Wildman–Crippen LogP) is 3.76. The molecule has 1 N–H and O–H groups in total. The van der Waals surface area contributed by atoms with Crippen LogP contribution in [0.2, 0.25) is 5.02 Å². The number of nitrogens with zero attached hydrogens (tertiary/aromatic N) is 2. The summed E-state index contributed by atoms with van der Waals surface area (Å²) >= 11 is 7.43. The van der Waals surface area contributed by atoms with Crippen molar-refractivity contribution in [1.82, 2.24) is 4.31 Å². The van der Waals surface area contributed by atoms with Gasteiger partial charge in [-0.25, -0.2) is 8.42 Å². The molecular formula is C21H24ClN3O4S2. The van der Waals surface area contributed by atoms with Gasteiger partial charge >= 0.3 is 0 Å². The quantitative estimate of drug-likeness (QED) is 0.650. The van der Waals surface area contributed by atoms with E-state index < -0.39 is 15.9 Å². The summed E-state index contributed by atoms with van der Waals surface area (Å²) in [7, 11) is -3.69. The first-order valence-electron chi connectivity index (χ1n) is 9.80. The molecule has 1 aliphatic rings. The number of carbonyl (C=O) groups excluding carboxylic acids is 2. The standard InChI is InChI=1S/C21H24ClN3O4S2/c1-4-24(5-2)31(28,29)16-8-9-19-18(11-16)25(21(27)13-30-19)12-20(26)23-15-7-6-14(3)17(22)10-15/h6-11H,4-5,12-13H2,1-3H3,(H,23,26). The van der Waals surface area contributed by atoms with E-state index in [4.69, 9.17) is 11.6 Å². The van der Waals surface area contributed by atoms with Gasteiger partial charge in [0.1, 0.15) is 6.54 Å². The van der Waals surface area contributed by atoms with Gasteiger partial charge in [-0.3, -0.25) is 9.59 Å². The van der Waals surface area contributed by atoms with Gasteiger partial charge in [0.15, 0.2) is 0 Å². The number of hydrogen-bond acceptors (Lipinski definition) is 5. The number of thioether (sulfide) groups is 1. The molecule has 166 valence electrons. The van der Waals surface area contributed by atoms with Crippen LogP contribution in [0.25, 0.3) is 0 Å². The monoisotopic (exact) mass is 481 g/mol. The molecule has 31 heavy (non-hydrogen) atoms. The van der Waals surface area contributed by atoms with Crippen molar-refractivity contribution < 1.29 is 18.0 Å². The van der Waals surface area contributed by atoms with Gasteiger partial charge in [0.25, 0.3) is 0 Å². The highest BCUT2D eigenvalue weighted by molar-refractivity contribution is 8.00. The molecule has 0 saturated carbocycles. The van der Waals surface area contributed by atoms with Gasteiger partial charge in [0.05, 0.1) is 16.3 Å². The number of rotatable bonds is 7. The Labute approximate surface area is 191 Å². The summed E-state index contributed by atoms with van der Waals surface area (Å²) in [5, 5.41) is 3.27. The van der Waals surface area contributed by atoms with Crippen LogP contribution in [-0.4, -0.2) is 49.9 Å². The van der Waals surface area contributed by atoms with Crippen molar-refractivity contribution >= 4 is 56.6 Å². The number of fused-ring (bicyclic) bond motifs is 1. The van der Waals surface area contributed by atoms with Gasteiger partial charge in [-0.1, -0.05) is 31.5 Å². The van der Waals surface area contributed by atoms with Gasteiger partial charge in [0.2, 0.25) is 21.8 Å². The lowest BCUT2D eigenvalue weighted by atomic mass is 10.2. The molecule has 0 bridgehead atoms. The normalized spacial score (nSPS) is 14.0. The molecule has 10 heteroatoms. The minimum Gasteiger partial charge on any atom is -0.324 e. The number of aryl methyl sites for hydroxylation is 1. The Bertz CT molecular complexity index is 1120. The molecule has 1 aliphatic heterocycles. The van der Waals surface area contributed by atoms with Crippen LogP contribution in [0.15, 0.2) is 46.2 Å². The van der Waals surface area contributed by atoms with E-state index in [9.17, 15) is 18.0 Å². The molecule has 3 rings (SSSR count). The van der Waals surface area contributed by atoms with Crippen molar-refractivity contribution in [3.63, 3.8) is 0 Å². The minimum atomic E-state index is -3.69. The molecule has 0 saturated heterocycles. The minimum absolute atomic E-state index is 0.0981. The van der Waals surface area contributed by atoms with Gasteiger partial charge in [-0.05, 0) is 42.8 Å². The lowest BCUT2D eigenvalue weighted by Gasteiger charge is -2.29. The molecule has 0 atom stereocenters. The zero-order valence-corrected chi connectivity index (χ0v) is 19.9. The Kier molecular flexibility index (Phi) is 7.31. The van der Waals surface area contributed by atoms with Crippen molar-refractivity contribution in [2.24, 2.45) is 0 Å². The summed E-state index contributed by atoms with van der Waals surface area (Å²) in [6, 6.07) is 9.87. The van der Waals surface area contributed by atoms with Crippen molar-refractivity contribution in [3.05, 3.63) is 47.0 Å². The first-order chi connectivity index (χ1) is 14.7. The fraction of sp³-hybridized carbons (Fsp3) is 0.333. The summed E-state index contributed by atoms with van der Waals surface area (Å²) in [4.78, 5) is 27.4. The molecule has 2 aromatic rings. The second-order valence-electron chi connectivity index (χ2n) is 7.00. The van der Waals surface area contributed by atoms with Crippen molar-refractivity contribution in [3.8, 4) is 0 Å². The average Bonchev–Trinajstić information content (AvgIpc) is 2.73. The van der Waals surface area contributed by atoms with Crippen LogP contribution in [0, 0.1) is 6.92 Å². The zero-order valence-electron chi connectivity index (χ0n) is 17.5. The van der Waals surface area contributed by atoms with Crippen LogP contribution >= 0.6 is 23.4 Å². The average molecular weight is 482 g/mol. The van der Waals surface area contributed by atoms with Gasteiger partial charge in [0, 0.05) is 28.7 Å². The fourth-order valence-corrected chi connectivity index (χ4v) is 5.82. The van der Waals surface area contributed by atoms with Crippen LogP contribution < -0.4 is 10.2 Å². The zero-order chi connectivity index (χ0) is 22.8. The highest BCUT2D eigenvalue weighted by Crippen LogP contribution is 2.37. The van der Waals surface area contributed by atoms with Gasteiger partial charge < -0.3 is 10.2 Å². The first kappa shape index (κ1) is 23.6. The Hall–Kier alpha value is -2.07. The highest BCUT2D eigenvalue weighted by Gasteiger charge is 2.30. The number of sulfonamides is 1. The molecule has 2 aromatic carbocycles. The van der Waals surface area contributed by atoms with Crippen molar-refractivity contribution in [2.75, 3.05) is 35.6 Å². The molecule has 0 unspecified atom stereocenters. The van der Waals surface area contributed by atoms with E-state index in [0.29, 0.717) is 29.5 Å². The Morgan fingerprint density at radius 3 is 2.55 bits per heavy atom. The Morgan fingerprint density at radius 2 is 1.90 bits per heavy atom. The third-order valence-corrected chi connectivity index (χ3v) is 8.47. The maximum atomic E-state index is 12.9. The second kappa shape index (κ2) is 9.60. The molecule has 0 radical (unpaired) electrons. The molecule has 0 aliphatic carbocycles. The van der Waals surface area contributed by atoms with Crippen LogP contribution in [0.3, 0.4) is 0 Å². The van der Waals surface area contributed by atoms with Crippen molar-refractivity contribution in [2.45, 2.75) is 30.6 Å². The fourth-order valence-electron chi connectivity index (χ4n) is 3.24. The summed E-state index contributed by atoms with van der Waals surface area (Å²) in [6.07, 6.45) is 0. The van der Waals surface area contributed by atoms with Crippen molar-refractivity contribution in [1.29, 1.82) is 0 Å². The SMILES string of the molecule is CCN(CC)S(=O)(=O)c1ccc2c(c1)N(CC(=O)Nc1ccc(C)c(Cl)c1)C(=O)CS2. The summed E-state index contributed by atoms with van der Waals surface area (Å²) in [5.41, 5.74) is 1.84. The number of amides is 2. The summed E-state index contributed by atoms with van der Waals surface area (Å²) in [5.74, 6) is -0.478. The maximum Gasteiger partial charge on any atom is 0.244 e. The molecule has 0 fully saturated rings. The van der Waals surface area contributed by atoms with Crippen LogP contribution in [-0.2, 0) is 19.6 Å². The van der Waals surface area contributed by atoms with E-state index >= 15 is 0 Å². The van der Waals surface area contributed by atoms with E-state index in [1.807, 2.05) is 6.92 Å². The maximum absolute atomic E-state index is 12.9. The number of hydrogen-bond donors (Lipinski definition) is 1. The smallest absolute Gasteiger partial charge is 0.244 e. The van der Waals surface area contributed by atoms with E-state index in [1.165, 1.54) is 27.0 Å². The van der Waals surface area contributed by atoms with Crippen LogP contribution in [0.1, 0.15) is 19.4 Å². The molecule has 0 aromatic heterocycles. The van der Waals surface area contributed by atoms with Gasteiger partial charge in [-0.2, -0.15) is 4.31 Å². The largest absolute Gasteiger partial charge is 0.324 e. The lowest BCUT2D eigenvalue weighted by Crippen LogP contribution is -2.41. The van der Waals surface area contributed by atoms with E-state index in [1.54, 1.807) is 44.2 Å². The number of anilines is 2. The molecular weight excluding hydrogens is 458 g/mol. The Morgan fingerprint density at radius 1 is 1.19 bits per heavy atom. The van der Waals surface area contributed by atoms with Gasteiger partial charge in [-0.15, -0.1) is 11.8 Å². The predicted molar refractivity (Wildman–Crippen MR) is 124 cm³/mol. The number of benzene rings is 2. The second-order valence-corrected chi connectivity index (χ2v) is 10.4. The Balaban J connectivity index is 1.88. The van der Waals surface area contributed by atoms with Crippen LogP contribution in [0.4, 0.5) is 11.4 Å². The molecule has 0 spiro atoms. The van der Waals surface area contributed by atoms with E-state index in [0.717, 1.165) is 10.5 Å². The summed E-state index contributed by atoms with van der Waals surface area (Å²) in [6.45, 7) is 5.86. The van der Waals surface area contributed by atoms with E-state index in [-0.39, 0.29) is 23.1 Å². The number of nitrogens with one attached hydrogen (secondary N) is 1. The first-order valence-corrected chi connectivity index (χ1v) is 12.6. The lowest BCUT2D eigenvalue weighted by molar-refractivity contribution is -0.120.